The highest BCUT2D eigenvalue weighted by atomic mass is 16.5. The maximum absolute atomic E-state index is 12.1. The summed E-state index contributed by atoms with van der Waals surface area (Å²) in [5.41, 5.74) is 1.28. The Morgan fingerprint density at radius 1 is 1.08 bits per heavy atom. The average molecular weight is 358 g/mol. The van der Waals surface area contributed by atoms with Gasteiger partial charge in [-0.15, -0.1) is 0 Å². The van der Waals surface area contributed by atoms with Crippen LogP contribution in [-0.4, -0.2) is 46.9 Å². The standard InChI is InChI=1S/C19H26N4O3/c1-21-16(12-18(24)22(2)19(21)25)13-20-17(15-6-4-3-5-7-15)14-23-8-10-26-11-9-23/h3-7,12,17,20H,8-11,13-14H2,1-2H3. The lowest BCUT2D eigenvalue weighted by molar-refractivity contribution is 0.0333. The summed E-state index contributed by atoms with van der Waals surface area (Å²) in [5, 5.41) is 3.52. The number of nitrogens with one attached hydrogen (secondary N) is 1. The van der Waals surface area contributed by atoms with E-state index in [9.17, 15) is 9.59 Å². The van der Waals surface area contributed by atoms with E-state index in [-0.39, 0.29) is 17.3 Å². The third-order valence-electron chi connectivity index (χ3n) is 4.90. The first-order chi connectivity index (χ1) is 12.6. The minimum absolute atomic E-state index is 0.105. The number of hydrogen-bond acceptors (Lipinski definition) is 5. The SMILES string of the molecule is Cn1c(CNC(CN2CCOCC2)c2ccccc2)cc(=O)n(C)c1=O. The topological polar surface area (TPSA) is 68.5 Å². The van der Waals surface area contributed by atoms with Crippen LogP contribution in [0, 0.1) is 0 Å². The van der Waals surface area contributed by atoms with Crippen molar-refractivity contribution in [3.05, 3.63) is 68.5 Å². The summed E-state index contributed by atoms with van der Waals surface area (Å²) in [4.78, 5) is 26.4. The Bertz CT molecular complexity index is 838. The monoisotopic (exact) mass is 358 g/mol. The van der Waals surface area contributed by atoms with Crippen LogP contribution in [0.15, 0.2) is 46.0 Å². The molecule has 7 heteroatoms. The molecule has 0 bridgehead atoms. The van der Waals surface area contributed by atoms with Crippen LogP contribution in [0.3, 0.4) is 0 Å². The molecular formula is C19H26N4O3. The van der Waals surface area contributed by atoms with Gasteiger partial charge in [0.15, 0.2) is 0 Å². The molecule has 1 N–H and O–H groups in total. The molecule has 0 radical (unpaired) electrons. The normalized spacial score (nSPS) is 16.5. The highest BCUT2D eigenvalue weighted by molar-refractivity contribution is 5.19. The largest absolute Gasteiger partial charge is 0.379 e. The molecule has 3 rings (SSSR count). The maximum Gasteiger partial charge on any atom is 0.330 e. The molecule has 0 amide bonds. The summed E-state index contributed by atoms with van der Waals surface area (Å²) in [6, 6.07) is 11.9. The fourth-order valence-corrected chi connectivity index (χ4v) is 3.19. The van der Waals surface area contributed by atoms with Crippen molar-refractivity contribution in [3.63, 3.8) is 0 Å². The van der Waals surface area contributed by atoms with Crippen LogP contribution in [0.2, 0.25) is 0 Å². The summed E-state index contributed by atoms with van der Waals surface area (Å²) in [5.74, 6) is 0. The van der Waals surface area contributed by atoms with Crippen LogP contribution < -0.4 is 16.6 Å². The van der Waals surface area contributed by atoms with Crippen molar-refractivity contribution >= 4 is 0 Å². The molecule has 0 saturated carbocycles. The molecule has 1 aliphatic rings. The number of hydrogen-bond donors (Lipinski definition) is 1. The van der Waals surface area contributed by atoms with E-state index >= 15 is 0 Å². The zero-order chi connectivity index (χ0) is 18.5. The van der Waals surface area contributed by atoms with Crippen molar-refractivity contribution in [1.29, 1.82) is 0 Å². The minimum atomic E-state index is -0.307. The van der Waals surface area contributed by atoms with E-state index in [1.54, 1.807) is 7.05 Å². The molecule has 2 aromatic rings. The van der Waals surface area contributed by atoms with Crippen LogP contribution in [0.5, 0.6) is 0 Å². The van der Waals surface area contributed by atoms with Gasteiger partial charge >= 0.3 is 5.69 Å². The zero-order valence-corrected chi connectivity index (χ0v) is 15.4. The van der Waals surface area contributed by atoms with Gasteiger partial charge in [0.25, 0.3) is 5.56 Å². The van der Waals surface area contributed by atoms with Crippen molar-refractivity contribution < 1.29 is 4.74 Å². The Labute approximate surface area is 152 Å². The predicted octanol–water partition coefficient (Wildman–Crippen LogP) is 0.247. The first-order valence-corrected chi connectivity index (χ1v) is 8.90. The highest BCUT2D eigenvalue weighted by Gasteiger charge is 2.18. The Balaban J connectivity index is 1.78. The van der Waals surface area contributed by atoms with Gasteiger partial charge in [-0.25, -0.2) is 4.79 Å². The molecule has 1 unspecified atom stereocenters. The molecule has 2 heterocycles. The highest BCUT2D eigenvalue weighted by Crippen LogP contribution is 2.15. The zero-order valence-electron chi connectivity index (χ0n) is 15.4. The molecule has 0 aliphatic carbocycles. The molecule has 7 nitrogen and oxygen atoms in total. The van der Waals surface area contributed by atoms with Crippen LogP contribution >= 0.6 is 0 Å². The third-order valence-corrected chi connectivity index (χ3v) is 4.90. The fraction of sp³-hybridized carbons (Fsp3) is 0.474. The van der Waals surface area contributed by atoms with Crippen molar-refractivity contribution in [2.24, 2.45) is 14.1 Å². The van der Waals surface area contributed by atoms with Crippen molar-refractivity contribution in [2.75, 3.05) is 32.8 Å². The van der Waals surface area contributed by atoms with E-state index in [4.69, 9.17) is 4.74 Å². The Kier molecular flexibility index (Phi) is 6.03. The van der Waals surface area contributed by atoms with Gasteiger partial charge in [0, 0.05) is 58.1 Å². The first-order valence-electron chi connectivity index (χ1n) is 8.90. The van der Waals surface area contributed by atoms with Crippen molar-refractivity contribution in [1.82, 2.24) is 19.4 Å². The second-order valence-corrected chi connectivity index (χ2v) is 6.63. The van der Waals surface area contributed by atoms with E-state index in [0.29, 0.717) is 12.2 Å². The molecular weight excluding hydrogens is 332 g/mol. The number of ether oxygens (including phenoxy) is 1. The van der Waals surface area contributed by atoms with E-state index in [2.05, 4.69) is 22.3 Å². The number of nitrogens with zero attached hydrogens (tertiary/aromatic N) is 3. The molecule has 0 spiro atoms. The average Bonchev–Trinajstić information content (AvgIpc) is 2.68. The van der Waals surface area contributed by atoms with Gasteiger partial charge in [-0.05, 0) is 5.56 Å². The van der Waals surface area contributed by atoms with Crippen LogP contribution in [-0.2, 0) is 25.4 Å². The third kappa shape index (κ3) is 4.30. The van der Waals surface area contributed by atoms with E-state index in [1.807, 2.05) is 18.2 Å². The Morgan fingerprint density at radius 3 is 2.46 bits per heavy atom. The molecule has 1 aliphatic heterocycles. The fourth-order valence-electron chi connectivity index (χ4n) is 3.19. The van der Waals surface area contributed by atoms with Gasteiger partial charge in [-0.1, -0.05) is 30.3 Å². The van der Waals surface area contributed by atoms with Crippen molar-refractivity contribution in [3.8, 4) is 0 Å². The summed E-state index contributed by atoms with van der Waals surface area (Å²) in [6.45, 7) is 4.64. The Hall–Kier alpha value is -2.22. The summed E-state index contributed by atoms with van der Waals surface area (Å²) in [7, 11) is 3.19. The van der Waals surface area contributed by atoms with Gasteiger partial charge in [-0.3, -0.25) is 18.8 Å². The van der Waals surface area contributed by atoms with E-state index in [1.165, 1.54) is 23.2 Å². The quantitative estimate of drug-likeness (QED) is 0.802. The summed E-state index contributed by atoms with van der Waals surface area (Å²) in [6.07, 6.45) is 0. The molecule has 1 aromatic carbocycles. The molecule has 1 atom stereocenters. The molecule has 1 fully saturated rings. The number of benzene rings is 1. The number of aromatic nitrogens is 2. The predicted molar refractivity (Wildman–Crippen MR) is 100 cm³/mol. The minimum Gasteiger partial charge on any atom is -0.379 e. The lowest BCUT2D eigenvalue weighted by Crippen LogP contribution is -2.43. The van der Waals surface area contributed by atoms with Gasteiger partial charge < -0.3 is 10.1 Å². The van der Waals surface area contributed by atoms with Crippen LogP contribution in [0.4, 0.5) is 0 Å². The van der Waals surface area contributed by atoms with Gasteiger partial charge in [0.05, 0.1) is 13.2 Å². The van der Waals surface area contributed by atoms with Crippen molar-refractivity contribution in [2.45, 2.75) is 12.6 Å². The van der Waals surface area contributed by atoms with Gasteiger partial charge in [-0.2, -0.15) is 0 Å². The summed E-state index contributed by atoms with van der Waals surface area (Å²) >= 11 is 0. The van der Waals surface area contributed by atoms with Crippen LogP contribution in [0.1, 0.15) is 17.3 Å². The molecule has 140 valence electrons. The second-order valence-electron chi connectivity index (χ2n) is 6.63. The lowest BCUT2D eigenvalue weighted by Gasteiger charge is -2.31. The maximum atomic E-state index is 12.1. The van der Waals surface area contributed by atoms with Gasteiger partial charge in [0.1, 0.15) is 0 Å². The smallest absolute Gasteiger partial charge is 0.330 e. The summed E-state index contributed by atoms with van der Waals surface area (Å²) < 4.78 is 8.07. The Morgan fingerprint density at radius 2 is 1.77 bits per heavy atom. The van der Waals surface area contributed by atoms with Crippen LogP contribution in [0.25, 0.3) is 0 Å². The molecule has 1 saturated heterocycles. The second kappa shape index (κ2) is 8.44. The number of rotatable bonds is 6. The van der Waals surface area contributed by atoms with E-state index in [0.717, 1.165) is 37.4 Å². The first kappa shape index (κ1) is 18.6. The van der Waals surface area contributed by atoms with Gasteiger partial charge in [0.2, 0.25) is 0 Å². The molecule has 26 heavy (non-hydrogen) atoms. The molecule has 1 aromatic heterocycles. The van der Waals surface area contributed by atoms with E-state index < -0.39 is 0 Å². The number of morpholine rings is 1. The lowest BCUT2D eigenvalue weighted by atomic mass is 10.1.